The van der Waals surface area contributed by atoms with Crippen molar-refractivity contribution in [1.29, 1.82) is 0 Å². The van der Waals surface area contributed by atoms with Crippen LogP contribution in [-0.2, 0) is 4.79 Å². The molecule has 0 bridgehead atoms. The molecule has 0 saturated carbocycles. The van der Waals surface area contributed by atoms with Gasteiger partial charge in [0.1, 0.15) is 11.4 Å². The highest BCUT2D eigenvalue weighted by Crippen LogP contribution is 2.40. The van der Waals surface area contributed by atoms with Crippen molar-refractivity contribution < 1.29 is 28.5 Å². The van der Waals surface area contributed by atoms with Crippen LogP contribution in [0.1, 0.15) is 35.9 Å². The molecule has 1 aromatic heterocycles. The van der Waals surface area contributed by atoms with Gasteiger partial charge in [-0.1, -0.05) is 0 Å². The van der Waals surface area contributed by atoms with Crippen LogP contribution in [-0.4, -0.2) is 45.2 Å². The molecule has 9 heteroatoms. The van der Waals surface area contributed by atoms with E-state index >= 15 is 0 Å². The fourth-order valence-corrected chi connectivity index (χ4v) is 3.48. The molecule has 0 aliphatic heterocycles. The fourth-order valence-electron chi connectivity index (χ4n) is 3.48. The van der Waals surface area contributed by atoms with E-state index in [1.807, 2.05) is 6.92 Å². The van der Waals surface area contributed by atoms with Crippen molar-refractivity contribution in [1.82, 2.24) is 10.3 Å². The molecule has 0 fully saturated rings. The van der Waals surface area contributed by atoms with Crippen molar-refractivity contribution in [2.75, 3.05) is 33.8 Å². The molecule has 2 amide bonds. The van der Waals surface area contributed by atoms with Gasteiger partial charge in [-0.3, -0.25) is 9.59 Å². The second-order valence-electron chi connectivity index (χ2n) is 7.12. The SMILES string of the molecule is COc1ccc2[nH]c(C(=O)NC(C)c3cc(OC)c(OC)c(OC)c3)c(NC(C)=O)c2c1. The molecule has 3 aromatic rings. The summed E-state index contributed by atoms with van der Waals surface area (Å²) in [6.07, 6.45) is 0. The number of hydrogen-bond acceptors (Lipinski definition) is 6. The summed E-state index contributed by atoms with van der Waals surface area (Å²) in [6, 6.07) is 8.47. The molecular formula is C23H27N3O6. The number of carbonyl (C=O) groups excluding carboxylic acids is 2. The average Bonchev–Trinajstić information content (AvgIpc) is 3.14. The van der Waals surface area contributed by atoms with Crippen LogP contribution in [0, 0.1) is 0 Å². The van der Waals surface area contributed by atoms with Gasteiger partial charge in [-0.15, -0.1) is 0 Å². The fraction of sp³-hybridized carbons (Fsp3) is 0.304. The van der Waals surface area contributed by atoms with Gasteiger partial charge in [0.05, 0.1) is 40.2 Å². The van der Waals surface area contributed by atoms with Crippen LogP contribution >= 0.6 is 0 Å². The van der Waals surface area contributed by atoms with E-state index in [1.54, 1.807) is 37.4 Å². The van der Waals surface area contributed by atoms with Crippen molar-refractivity contribution in [2.24, 2.45) is 0 Å². The molecule has 32 heavy (non-hydrogen) atoms. The number of aromatic amines is 1. The normalized spacial score (nSPS) is 11.6. The first-order chi connectivity index (χ1) is 15.3. The van der Waals surface area contributed by atoms with Crippen LogP contribution in [0.5, 0.6) is 23.0 Å². The van der Waals surface area contributed by atoms with Gasteiger partial charge in [0.2, 0.25) is 11.7 Å². The number of rotatable bonds is 8. The number of ether oxygens (including phenoxy) is 4. The molecular weight excluding hydrogens is 414 g/mol. The number of nitrogens with one attached hydrogen (secondary N) is 3. The maximum Gasteiger partial charge on any atom is 0.270 e. The number of carbonyl (C=O) groups is 2. The van der Waals surface area contributed by atoms with Crippen molar-refractivity contribution >= 4 is 28.4 Å². The summed E-state index contributed by atoms with van der Waals surface area (Å²) in [6.45, 7) is 3.22. The number of hydrogen-bond donors (Lipinski definition) is 3. The molecule has 9 nitrogen and oxygen atoms in total. The van der Waals surface area contributed by atoms with E-state index in [4.69, 9.17) is 18.9 Å². The van der Waals surface area contributed by atoms with Crippen molar-refractivity contribution in [3.05, 3.63) is 41.6 Å². The minimum absolute atomic E-state index is 0.239. The predicted octanol–water partition coefficient (Wildman–Crippen LogP) is 3.65. The minimum Gasteiger partial charge on any atom is -0.497 e. The highest BCUT2D eigenvalue weighted by molar-refractivity contribution is 6.12. The number of amides is 2. The first kappa shape index (κ1) is 22.8. The third-order valence-corrected chi connectivity index (χ3v) is 5.07. The Labute approximate surface area is 186 Å². The number of methoxy groups -OCH3 is 4. The molecule has 2 aromatic carbocycles. The van der Waals surface area contributed by atoms with Gasteiger partial charge in [-0.05, 0) is 42.8 Å². The second-order valence-corrected chi connectivity index (χ2v) is 7.12. The molecule has 1 unspecified atom stereocenters. The van der Waals surface area contributed by atoms with E-state index in [-0.39, 0.29) is 17.5 Å². The van der Waals surface area contributed by atoms with Gasteiger partial charge in [0.25, 0.3) is 5.91 Å². The Morgan fingerprint density at radius 3 is 2.12 bits per heavy atom. The monoisotopic (exact) mass is 441 g/mol. The molecule has 170 valence electrons. The summed E-state index contributed by atoms with van der Waals surface area (Å²) in [5.74, 6) is 1.38. The van der Waals surface area contributed by atoms with Gasteiger partial charge in [0.15, 0.2) is 11.5 Å². The van der Waals surface area contributed by atoms with E-state index in [9.17, 15) is 9.59 Å². The number of H-pyrrole nitrogens is 1. The molecule has 0 saturated heterocycles. The lowest BCUT2D eigenvalue weighted by molar-refractivity contribution is -0.114. The zero-order valence-electron chi connectivity index (χ0n) is 18.9. The van der Waals surface area contributed by atoms with Crippen molar-refractivity contribution in [3.8, 4) is 23.0 Å². The molecule has 0 radical (unpaired) electrons. The summed E-state index contributed by atoms with van der Waals surface area (Å²) in [4.78, 5) is 28.1. The Balaban J connectivity index is 1.97. The number of benzene rings is 2. The molecule has 3 N–H and O–H groups in total. The standard InChI is InChI=1S/C23H27N3O6/c1-12(14-9-18(30-4)22(32-6)19(10-14)31-5)24-23(28)21-20(25-13(2)27)16-11-15(29-3)7-8-17(16)26-21/h7-12,26H,1-6H3,(H,24,28)(H,25,27). The zero-order valence-corrected chi connectivity index (χ0v) is 18.9. The van der Waals surface area contributed by atoms with Crippen LogP contribution in [0.4, 0.5) is 5.69 Å². The van der Waals surface area contributed by atoms with E-state index in [0.717, 1.165) is 5.56 Å². The van der Waals surface area contributed by atoms with Crippen LogP contribution in [0.25, 0.3) is 10.9 Å². The van der Waals surface area contributed by atoms with Crippen LogP contribution in [0.3, 0.4) is 0 Å². The number of anilines is 1. The lowest BCUT2D eigenvalue weighted by atomic mass is 10.1. The molecule has 0 spiro atoms. The summed E-state index contributed by atoms with van der Waals surface area (Å²) < 4.78 is 21.4. The predicted molar refractivity (Wildman–Crippen MR) is 121 cm³/mol. The smallest absolute Gasteiger partial charge is 0.270 e. The summed E-state index contributed by atoms with van der Waals surface area (Å²) in [7, 11) is 6.14. The summed E-state index contributed by atoms with van der Waals surface area (Å²) in [5.41, 5.74) is 2.08. The maximum atomic E-state index is 13.2. The van der Waals surface area contributed by atoms with Crippen LogP contribution in [0.15, 0.2) is 30.3 Å². The molecule has 3 rings (SSSR count). The van der Waals surface area contributed by atoms with Gasteiger partial charge in [0, 0.05) is 17.8 Å². The van der Waals surface area contributed by atoms with Gasteiger partial charge < -0.3 is 34.6 Å². The Hall–Kier alpha value is -3.88. The first-order valence-corrected chi connectivity index (χ1v) is 9.91. The van der Waals surface area contributed by atoms with Crippen LogP contribution in [0.2, 0.25) is 0 Å². The Bertz CT molecular complexity index is 1130. The molecule has 1 heterocycles. The topological polar surface area (TPSA) is 111 Å². The van der Waals surface area contributed by atoms with E-state index in [0.29, 0.717) is 39.6 Å². The molecule has 0 aliphatic rings. The first-order valence-electron chi connectivity index (χ1n) is 9.91. The lowest BCUT2D eigenvalue weighted by Crippen LogP contribution is -2.28. The van der Waals surface area contributed by atoms with Crippen molar-refractivity contribution in [3.63, 3.8) is 0 Å². The third-order valence-electron chi connectivity index (χ3n) is 5.07. The maximum absolute atomic E-state index is 13.2. The quantitative estimate of drug-likeness (QED) is 0.492. The average molecular weight is 441 g/mol. The summed E-state index contributed by atoms with van der Waals surface area (Å²) >= 11 is 0. The lowest BCUT2D eigenvalue weighted by Gasteiger charge is -2.19. The third kappa shape index (κ3) is 4.41. The van der Waals surface area contributed by atoms with Gasteiger partial charge in [-0.2, -0.15) is 0 Å². The van der Waals surface area contributed by atoms with E-state index in [2.05, 4.69) is 15.6 Å². The highest BCUT2D eigenvalue weighted by atomic mass is 16.5. The summed E-state index contributed by atoms with van der Waals surface area (Å²) in [5, 5.41) is 6.37. The van der Waals surface area contributed by atoms with E-state index < -0.39 is 6.04 Å². The number of aromatic nitrogens is 1. The molecule has 1 atom stereocenters. The highest BCUT2D eigenvalue weighted by Gasteiger charge is 2.23. The Kier molecular flexibility index (Phi) is 6.77. The van der Waals surface area contributed by atoms with Crippen LogP contribution < -0.4 is 29.6 Å². The Morgan fingerprint density at radius 1 is 0.938 bits per heavy atom. The second kappa shape index (κ2) is 9.51. The van der Waals surface area contributed by atoms with E-state index in [1.165, 1.54) is 28.3 Å². The zero-order chi connectivity index (χ0) is 23.4. The molecule has 0 aliphatic carbocycles. The number of fused-ring (bicyclic) bond motifs is 1. The Morgan fingerprint density at radius 2 is 1.59 bits per heavy atom. The minimum atomic E-state index is -0.401. The largest absolute Gasteiger partial charge is 0.497 e. The van der Waals surface area contributed by atoms with Gasteiger partial charge in [-0.25, -0.2) is 0 Å². The van der Waals surface area contributed by atoms with Crippen molar-refractivity contribution in [2.45, 2.75) is 19.9 Å². The van der Waals surface area contributed by atoms with Gasteiger partial charge >= 0.3 is 0 Å².